The molecule has 2 saturated carbocycles. The quantitative estimate of drug-likeness (QED) is 0.673. The molecule has 1 amide bonds. The average molecular weight is 183 g/mol. The van der Waals surface area contributed by atoms with Gasteiger partial charge in [0.05, 0.1) is 6.61 Å². The van der Waals surface area contributed by atoms with E-state index in [0.717, 1.165) is 25.7 Å². The molecule has 0 aromatic rings. The number of hydrogen-bond donors (Lipinski definition) is 2. The molecule has 3 nitrogen and oxygen atoms in total. The smallest absolute Gasteiger partial charge is 0.223 e. The van der Waals surface area contributed by atoms with E-state index in [-0.39, 0.29) is 23.8 Å². The zero-order valence-electron chi connectivity index (χ0n) is 7.88. The van der Waals surface area contributed by atoms with E-state index in [9.17, 15) is 4.79 Å². The Morgan fingerprint density at radius 2 is 2.15 bits per heavy atom. The molecule has 2 aliphatic rings. The third kappa shape index (κ3) is 1.85. The van der Waals surface area contributed by atoms with Crippen LogP contribution in [0.3, 0.4) is 0 Å². The van der Waals surface area contributed by atoms with Crippen molar-refractivity contribution >= 4 is 5.91 Å². The zero-order chi connectivity index (χ0) is 9.31. The molecule has 0 aromatic heterocycles. The second-order valence-corrected chi connectivity index (χ2v) is 4.50. The second kappa shape index (κ2) is 3.29. The summed E-state index contributed by atoms with van der Waals surface area (Å²) < 4.78 is 0. The molecular formula is C10H17NO2. The summed E-state index contributed by atoms with van der Waals surface area (Å²) in [6.45, 7) is 0.900. The molecule has 0 radical (unpaired) electrons. The maximum absolute atomic E-state index is 11.4. The summed E-state index contributed by atoms with van der Waals surface area (Å²) in [7, 11) is 0. The zero-order valence-corrected chi connectivity index (χ0v) is 7.88. The Hall–Kier alpha value is -0.570. The van der Waals surface area contributed by atoms with Gasteiger partial charge in [0.2, 0.25) is 5.91 Å². The molecule has 2 fully saturated rings. The first-order chi connectivity index (χ1) is 6.26. The molecule has 2 aliphatic carbocycles. The van der Waals surface area contributed by atoms with Crippen LogP contribution in [-0.4, -0.2) is 24.2 Å². The summed E-state index contributed by atoms with van der Waals surface area (Å²) in [5.41, 5.74) is 0.0550. The number of aliphatic hydroxyl groups is 1. The van der Waals surface area contributed by atoms with Gasteiger partial charge in [-0.05, 0) is 25.7 Å². The average Bonchev–Trinajstić information content (AvgIpc) is 2.78. The lowest BCUT2D eigenvalue weighted by molar-refractivity contribution is -0.127. The predicted octanol–water partition coefficient (Wildman–Crippen LogP) is 0.675. The maximum Gasteiger partial charge on any atom is 0.223 e. The molecule has 13 heavy (non-hydrogen) atoms. The SMILES string of the molecule is O=C(NCC1(CO)CC1)C1CCC1. The number of rotatable bonds is 4. The molecule has 3 heteroatoms. The maximum atomic E-state index is 11.4. The third-order valence-corrected chi connectivity index (χ3v) is 3.41. The van der Waals surface area contributed by atoms with Crippen molar-refractivity contribution in [1.29, 1.82) is 0 Å². The number of aliphatic hydroxyl groups excluding tert-OH is 1. The van der Waals surface area contributed by atoms with E-state index in [1.54, 1.807) is 0 Å². The number of nitrogens with one attached hydrogen (secondary N) is 1. The minimum atomic E-state index is 0.0550. The van der Waals surface area contributed by atoms with Gasteiger partial charge in [0.15, 0.2) is 0 Å². The minimum Gasteiger partial charge on any atom is -0.396 e. The van der Waals surface area contributed by atoms with Crippen LogP contribution in [0.2, 0.25) is 0 Å². The van der Waals surface area contributed by atoms with Crippen molar-refractivity contribution in [3.05, 3.63) is 0 Å². The molecule has 0 aliphatic heterocycles. The van der Waals surface area contributed by atoms with Crippen LogP contribution in [0.5, 0.6) is 0 Å². The highest BCUT2D eigenvalue weighted by molar-refractivity contribution is 5.79. The summed E-state index contributed by atoms with van der Waals surface area (Å²) in [6.07, 6.45) is 5.43. The summed E-state index contributed by atoms with van der Waals surface area (Å²) in [4.78, 5) is 11.4. The van der Waals surface area contributed by atoms with Crippen LogP contribution in [0.1, 0.15) is 32.1 Å². The van der Waals surface area contributed by atoms with E-state index in [2.05, 4.69) is 5.32 Å². The fraction of sp³-hybridized carbons (Fsp3) is 0.900. The fourth-order valence-electron chi connectivity index (χ4n) is 1.66. The Kier molecular flexibility index (Phi) is 2.28. The van der Waals surface area contributed by atoms with Crippen molar-refractivity contribution in [2.75, 3.05) is 13.2 Å². The van der Waals surface area contributed by atoms with Crippen molar-refractivity contribution in [1.82, 2.24) is 5.32 Å². The van der Waals surface area contributed by atoms with Gasteiger partial charge in [-0.1, -0.05) is 6.42 Å². The van der Waals surface area contributed by atoms with Crippen LogP contribution < -0.4 is 5.32 Å². The highest BCUT2D eigenvalue weighted by Crippen LogP contribution is 2.44. The summed E-state index contributed by atoms with van der Waals surface area (Å²) in [5.74, 6) is 0.473. The van der Waals surface area contributed by atoms with Crippen molar-refractivity contribution in [3.8, 4) is 0 Å². The molecule has 2 rings (SSSR count). The van der Waals surface area contributed by atoms with E-state index in [4.69, 9.17) is 5.11 Å². The monoisotopic (exact) mass is 183 g/mol. The number of amides is 1. The second-order valence-electron chi connectivity index (χ2n) is 4.50. The van der Waals surface area contributed by atoms with Gasteiger partial charge in [0.25, 0.3) is 0 Å². The Morgan fingerprint density at radius 3 is 2.54 bits per heavy atom. The fourth-order valence-corrected chi connectivity index (χ4v) is 1.66. The first-order valence-electron chi connectivity index (χ1n) is 5.14. The van der Waals surface area contributed by atoms with Gasteiger partial charge >= 0.3 is 0 Å². The van der Waals surface area contributed by atoms with Crippen LogP contribution >= 0.6 is 0 Å². The van der Waals surface area contributed by atoms with Gasteiger partial charge in [0.1, 0.15) is 0 Å². The lowest BCUT2D eigenvalue weighted by Gasteiger charge is -2.25. The van der Waals surface area contributed by atoms with Gasteiger partial charge < -0.3 is 10.4 Å². The largest absolute Gasteiger partial charge is 0.396 e. The van der Waals surface area contributed by atoms with Gasteiger partial charge in [-0.25, -0.2) is 0 Å². The van der Waals surface area contributed by atoms with Crippen molar-refractivity contribution < 1.29 is 9.90 Å². The molecule has 0 heterocycles. The van der Waals surface area contributed by atoms with Crippen molar-refractivity contribution in [2.24, 2.45) is 11.3 Å². The molecule has 0 spiro atoms. The standard InChI is InChI=1S/C10H17NO2/c12-7-10(4-5-10)6-11-9(13)8-2-1-3-8/h8,12H,1-7H2,(H,11,13). The highest BCUT2D eigenvalue weighted by Gasteiger charge is 2.42. The molecule has 0 unspecified atom stereocenters. The predicted molar refractivity (Wildman–Crippen MR) is 49.1 cm³/mol. The molecule has 0 atom stereocenters. The molecule has 0 aromatic carbocycles. The Bertz CT molecular complexity index is 207. The molecule has 0 saturated heterocycles. The Morgan fingerprint density at radius 1 is 1.46 bits per heavy atom. The van der Waals surface area contributed by atoms with Crippen molar-refractivity contribution in [3.63, 3.8) is 0 Å². The highest BCUT2D eigenvalue weighted by atomic mass is 16.3. The first-order valence-corrected chi connectivity index (χ1v) is 5.14. The lowest BCUT2D eigenvalue weighted by atomic mass is 9.85. The van der Waals surface area contributed by atoms with Gasteiger partial charge in [0, 0.05) is 17.9 Å². The van der Waals surface area contributed by atoms with Crippen LogP contribution in [0.25, 0.3) is 0 Å². The third-order valence-electron chi connectivity index (χ3n) is 3.41. The van der Waals surface area contributed by atoms with E-state index < -0.39 is 0 Å². The van der Waals surface area contributed by atoms with E-state index in [1.807, 2.05) is 0 Å². The number of carbonyl (C=O) groups is 1. The molecule has 2 N–H and O–H groups in total. The van der Waals surface area contributed by atoms with Crippen LogP contribution in [0.15, 0.2) is 0 Å². The van der Waals surface area contributed by atoms with E-state index >= 15 is 0 Å². The Labute approximate surface area is 78.5 Å². The Balaban J connectivity index is 1.69. The topological polar surface area (TPSA) is 49.3 Å². The van der Waals surface area contributed by atoms with Gasteiger partial charge in [-0.3, -0.25) is 4.79 Å². The minimum absolute atomic E-state index is 0.0550. The van der Waals surface area contributed by atoms with Crippen molar-refractivity contribution in [2.45, 2.75) is 32.1 Å². The summed E-state index contributed by atoms with van der Waals surface area (Å²) in [5, 5.41) is 12.0. The molecular weight excluding hydrogens is 166 g/mol. The summed E-state index contributed by atoms with van der Waals surface area (Å²) in [6, 6.07) is 0. The summed E-state index contributed by atoms with van der Waals surface area (Å²) >= 11 is 0. The van der Waals surface area contributed by atoms with Crippen LogP contribution in [0, 0.1) is 11.3 Å². The molecule has 0 bridgehead atoms. The van der Waals surface area contributed by atoms with Crippen LogP contribution in [-0.2, 0) is 4.79 Å². The van der Waals surface area contributed by atoms with Crippen LogP contribution in [0.4, 0.5) is 0 Å². The lowest BCUT2D eigenvalue weighted by Crippen LogP contribution is -2.38. The first kappa shape index (κ1) is 9.00. The van der Waals surface area contributed by atoms with E-state index in [1.165, 1.54) is 6.42 Å². The number of hydrogen-bond acceptors (Lipinski definition) is 2. The van der Waals surface area contributed by atoms with Gasteiger partial charge in [-0.2, -0.15) is 0 Å². The van der Waals surface area contributed by atoms with Gasteiger partial charge in [-0.15, -0.1) is 0 Å². The van der Waals surface area contributed by atoms with E-state index in [0.29, 0.717) is 6.54 Å². The molecule has 74 valence electrons. The normalized spacial score (nSPS) is 25.0. The number of carbonyl (C=O) groups excluding carboxylic acids is 1.